The molecule has 1 aliphatic rings. The summed E-state index contributed by atoms with van der Waals surface area (Å²) in [7, 11) is -1.49. The van der Waals surface area contributed by atoms with Crippen molar-refractivity contribution >= 4 is 21.8 Å². The molecule has 112 valence electrons. The number of benzene rings is 1. The van der Waals surface area contributed by atoms with Gasteiger partial charge in [-0.1, -0.05) is 0 Å². The maximum absolute atomic E-state index is 12.4. The average molecular weight is 316 g/mol. The van der Waals surface area contributed by atoms with Crippen molar-refractivity contribution in [1.29, 1.82) is 0 Å². The second kappa shape index (κ2) is 7.31. The molecule has 20 heavy (non-hydrogen) atoms. The quantitative estimate of drug-likeness (QED) is 0.794. The number of sulfonamides is 1. The van der Waals surface area contributed by atoms with Crippen molar-refractivity contribution in [2.24, 2.45) is 0 Å². The average Bonchev–Trinajstić information content (AvgIpc) is 2.49. The summed E-state index contributed by atoms with van der Waals surface area (Å²) in [4.78, 5) is 0.338. The number of nitrogens with zero attached hydrogens (tertiary/aromatic N) is 1. The van der Waals surface area contributed by atoms with E-state index in [9.17, 15) is 8.42 Å². The van der Waals surface area contributed by atoms with Crippen LogP contribution in [0.3, 0.4) is 0 Å². The van der Waals surface area contributed by atoms with Crippen molar-refractivity contribution in [3.63, 3.8) is 0 Å². The minimum Gasteiger partial charge on any atom is -0.492 e. The van der Waals surface area contributed by atoms with Gasteiger partial charge in [0, 0.05) is 31.1 Å². The first-order valence-corrected chi connectivity index (χ1v) is 9.19. The number of thioether (sulfide) groups is 1. The highest BCUT2D eigenvalue weighted by Crippen LogP contribution is 2.22. The topological polar surface area (TPSA) is 58.6 Å². The summed E-state index contributed by atoms with van der Waals surface area (Å²) in [5, 5.41) is 2.99. The van der Waals surface area contributed by atoms with Crippen LogP contribution in [0.15, 0.2) is 29.2 Å². The predicted octanol–water partition coefficient (Wildman–Crippen LogP) is 1.02. The third kappa shape index (κ3) is 3.88. The first-order valence-electron chi connectivity index (χ1n) is 6.60. The molecule has 0 spiro atoms. The molecule has 2 rings (SSSR count). The molecule has 0 bridgehead atoms. The van der Waals surface area contributed by atoms with Gasteiger partial charge in [-0.15, -0.1) is 0 Å². The molecule has 0 unspecified atom stereocenters. The van der Waals surface area contributed by atoms with Gasteiger partial charge in [-0.25, -0.2) is 8.42 Å². The van der Waals surface area contributed by atoms with Crippen LogP contribution in [0.25, 0.3) is 0 Å². The lowest BCUT2D eigenvalue weighted by atomic mass is 10.3. The van der Waals surface area contributed by atoms with E-state index in [2.05, 4.69) is 5.32 Å². The highest BCUT2D eigenvalue weighted by molar-refractivity contribution is 7.99. The molecule has 1 fully saturated rings. The van der Waals surface area contributed by atoms with Crippen LogP contribution in [0, 0.1) is 0 Å². The minimum absolute atomic E-state index is 0.338. The maximum atomic E-state index is 12.4. The van der Waals surface area contributed by atoms with Crippen LogP contribution in [-0.4, -0.2) is 57.5 Å². The molecule has 0 radical (unpaired) electrons. The summed E-state index contributed by atoms with van der Waals surface area (Å²) in [5.41, 5.74) is 0. The molecule has 1 aromatic carbocycles. The Labute approximate surface area is 124 Å². The van der Waals surface area contributed by atoms with Gasteiger partial charge in [0.05, 0.1) is 4.90 Å². The van der Waals surface area contributed by atoms with E-state index in [1.54, 1.807) is 40.3 Å². The zero-order valence-corrected chi connectivity index (χ0v) is 13.2. The van der Waals surface area contributed by atoms with Crippen LogP contribution in [0.1, 0.15) is 0 Å². The lowest BCUT2D eigenvalue weighted by molar-refractivity contribution is 0.318. The Morgan fingerprint density at radius 1 is 1.25 bits per heavy atom. The van der Waals surface area contributed by atoms with E-state index in [1.807, 2.05) is 7.05 Å². The zero-order valence-electron chi connectivity index (χ0n) is 11.5. The number of nitrogens with one attached hydrogen (secondary N) is 1. The largest absolute Gasteiger partial charge is 0.492 e. The van der Waals surface area contributed by atoms with Crippen LogP contribution in [0.4, 0.5) is 0 Å². The van der Waals surface area contributed by atoms with Crippen molar-refractivity contribution in [3.8, 4) is 5.75 Å². The van der Waals surface area contributed by atoms with Crippen molar-refractivity contribution in [3.05, 3.63) is 24.3 Å². The van der Waals surface area contributed by atoms with Crippen LogP contribution >= 0.6 is 11.8 Å². The molecule has 1 heterocycles. The second-order valence-corrected chi connectivity index (χ2v) is 7.60. The normalized spacial score (nSPS) is 17.1. The van der Waals surface area contributed by atoms with E-state index in [4.69, 9.17) is 4.74 Å². The molecular weight excluding hydrogens is 296 g/mol. The van der Waals surface area contributed by atoms with E-state index >= 15 is 0 Å². The van der Waals surface area contributed by atoms with Crippen LogP contribution < -0.4 is 10.1 Å². The Morgan fingerprint density at radius 3 is 2.50 bits per heavy atom. The van der Waals surface area contributed by atoms with Gasteiger partial charge >= 0.3 is 0 Å². The molecule has 0 saturated carbocycles. The predicted molar refractivity (Wildman–Crippen MR) is 81.9 cm³/mol. The summed E-state index contributed by atoms with van der Waals surface area (Å²) < 4.78 is 31.9. The third-order valence-electron chi connectivity index (χ3n) is 3.05. The van der Waals surface area contributed by atoms with Crippen LogP contribution in [0.2, 0.25) is 0 Å². The first kappa shape index (κ1) is 15.6. The first-order chi connectivity index (χ1) is 9.64. The van der Waals surface area contributed by atoms with E-state index < -0.39 is 10.0 Å². The fourth-order valence-electron chi connectivity index (χ4n) is 1.91. The van der Waals surface area contributed by atoms with E-state index in [0.717, 1.165) is 18.1 Å². The molecule has 7 heteroatoms. The van der Waals surface area contributed by atoms with Gasteiger partial charge in [0.15, 0.2) is 0 Å². The Morgan fingerprint density at radius 2 is 1.90 bits per heavy atom. The van der Waals surface area contributed by atoms with Crippen LogP contribution in [-0.2, 0) is 10.0 Å². The lowest BCUT2D eigenvalue weighted by Gasteiger charge is -2.25. The van der Waals surface area contributed by atoms with Crippen LogP contribution in [0.5, 0.6) is 5.75 Å². The molecule has 0 aliphatic carbocycles. The highest BCUT2D eigenvalue weighted by Gasteiger charge is 2.25. The Bertz CT molecular complexity index is 511. The van der Waals surface area contributed by atoms with Gasteiger partial charge in [0.2, 0.25) is 10.0 Å². The van der Waals surface area contributed by atoms with Gasteiger partial charge in [0.25, 0.3) is 0 Å². The summed E-state index contributed by atoms with van der Waals surface area (Å²) in [6.45, 7) is 2.50. The van der Waals surface area contributed by atoms with E-state index in [-0.39, 0.29) is 0 Å². The molecule has 1 aliphatic heterocycles. The number of likely N-dealkylation sites (N-methyl/N-ethyl adjacent to an activating group) is 1. The zero-order chi connectivity index (χ0) is 14.4. The fourth-order valence-corrected chi connectivity index (χ4v) is 4.49. The second-order valence-electron chi connectivity index (χ2n) is 4.44. The van der Waals surface area contributed by atoms with Crippen molar-refractivity contribution < 1.29 is 13.2 Å². The van der Waals surface area contributed by atoms with E-state index in [1.165, 1.54) is 0 Å². The summed E-state index contributed by atoms with van der Waals surface area (Å²) in [5.74, 6) is 2.42. The standard InChI is InChI=1S/C13H20N2O3S2/c1-14-6-9-18-12-2-4-13(5-3-12)20(16,17)15-7-10-19-11-8-15/h2-5,14H,6-11H2,1H3. The third-order valence-corrected chi connectivity index (χ3v) is 5.91. The van der Waals surface area contributed by atoms with Crippen molar-refractivity contribution in [2.45, 2.75) is 4.90 Å². The number of rotatable bonds is 6. The van der Waals surface area contributed by atoms with Gasteiger partial charge in [0.1, 0.15) is 12.4 Å². The minimum atomic E-state index is -3.35. The molecule has 1 saturated heterocycles. The summed E-state index contributed by atoms with van der Waals surface area (Å²) >= 11 is 1.79. The van der Waals surface area contributed by atoms with Gasteiger partial charge < -0.3 is 10.1 Å². The Balaban J connectivity index is 2.04. The molecule has 5 nitrogen and oxygen atoms in total. The highest BCUT2D eigenvalue weighted by atomic mass is 32.2. The number of hydrogen-bond acceptors (Lipinski definition) is 5. The lowest BCUT2D eigenvalue weighted by Crippen LogP contribution is -2.37. The maximum Gasteiger partial charge on any atom is 0.243 e. The van der Waals surface area contributed by atoms with Gasteiger partial charge in [-0.05, 0) is 31.3 Å². The number of ether oxygens (including phenoxy) is 1. The fraction of sp³-hybridized carbons (Fsp3) is 0.538. The molecular formula is C13H20N2O3S2. The molecule has 0 amide bonds. The molecule has 1 aromatic rings. The van der Waals surface area contributed by atoms with Gasteiger partial charge in [-0.2, -0.15) is 16.1 Å². The monoisotopic (exact) mass is 316 g/mol. The molecule has 1 N–H and O–H groups in total. The number of hydrogen-bond donors (Lipinski definition) is 1. The van der Waals surface area contributed by atoms with Crippen molar-refractivity contribution in [2.75, 3.05) is 44.8 Å². The Kier molecular flexibility index (Phi) is 5.71. The molecule has 0 aromatic heterocycles. The van der Waals surface area contributed by atoms with E-state index in [0.29, 0.717) is 30.3 Å². The summed E-state index contributed by atoms with van der Waals surface area (Å²) in [6, 6.07) is 6.65. The Hall–Kier alpha value is -0.760. The summed E-state index contributed by atoms with van der Waals surface area (Å²) in [6.07, 6.45) is 0. The smallest absolute Gasteiger partial charge is 0.243 e. The molecule has 0 atom stereocenters. The van der Waals surface area contributed by atoms with Crippen molar-refractivity contribution in [1.82, 2.24) is 9.62 Å². The van der Waals surface area contributed by atoms with Gasteiger partial charge in [-0.3, -0.25) is 0 Å². The SMILES string of the molecule is CNCCOc1ccc(S(=O)(=O)N2CCSCC2)cc1.